The van der Waals surface area contributed by atoms with Gasteiger partial charge in [-0.1, -0.05) is 48.5 Å². The number of pyridine rings is 1. The van der Waals surface area contributed by atoms with Crippen molar-refractivity contribution >= 4 is 29.2 Å². The smallest absolute Gasteiger partial charge is 0.255 e. The van der Waals surface area contributed by atoms with Crippen molar-refractivity contribution in [3.63, 3.8) is 0 Å². The van der Waals surface area contributed by atoms with Gasteiger partial charge >= 0.3 is 0 Å². The van der Waals surface area contributed by atoms with E-state index in [9.17, 15) is 4.79 Å². The van der Waals surface area contributed by atoms with Crippen LogP contribution in [-0.2, 0) is 0 Å². The Morgan fingerprint density at radius 3 is 2.67 bits per heavy atom. The Balaban J connectivity index is 0.00000180. The SMILES string of the molecule is Cl.O=C(c1cnc2ccccc2c1)N1C[C@@H]2CNC[C@@H]2[C@H]1c1ccccc1. The number of rotatable bonds is 2. The van der Waals surface area contributed by atoms with Crippen LogP contribution in [0.5, 0.6) is 0 Å². The second kappa shape index (κ2) is 7.29. The maximum Gasteiger partial charge on any atom is 0.255 e. The van der Waals surface area contributed by atoms with E-state index in [0.717, 1.165) is 30.5 Å². The van der Waals surface area contributed by atoms with Gasteiger partial charge < -0.3 is 10.2 Å². The molecule has 0 bridgehead atoms. The summed E-state index contributed by atoms with van der Waals surface area (Å²) in [4.78, 5) is 19.9. The third-order valence-corrected chi connectivity index (χ3v) is 5.80. The van der Waals surface area contributed by atoms with Gasteiger partial charge in [-0.15, -0.1) is 12.4 Å². The van der Waals surface area contributed by atoms with Gasteiger partial charge in [-0.3, -0.25) is 9.78 Å². The molecule has 0 radical (unpaired) electrons. The third kappa shape index (κ3) is 3.09. The molecule has 138 valence electrons. The van der Waals surface area contributed by atoms with Gasteiger partial charge in [-0.05, 0) is 23.6 Å². The van der Waals surface area contributed by atoms with Gasteiger partial charge in [0.25, 0.3) is 5.91 Å². The summed E-state index contributed by atoms with van der Waals surface area (Å²) in [6.07, 6.45) is 1.72. The molecule has 1 amide bonds. The number of aromatic nitrogens is 1. The minimum atomic E-state index is 0. The molecule has 27 heavy (non-hydrogen) atoms. The standard InChI is InChI=1S/C22H21N3O.ClH/c26-22(17-10-16-8-4-5-9-20(16)24-12-17)25-14-18-11-23-13-19(18)21(25)15-6-2-1-3-7-15;/h1-10,12,18-19,21,23H,11,13-14H2;1H/t18-,19-,21+;/m0./s1. The molecule has 3 aromatic rings. The summed E-state index contributed by atoms with van der Waals surface area (Å²) in [5, 5.41) is 4.51. The number of likely N-dealkylation sites (tertiary alicyclic amines) is 1. The van der Waals surface area contributed by atoms with Crippen LogP contribution in [-0.4, -0.2) is 35.4 Å². The number of nitrogens with one attached hydrogen (secondary N) is 1. The molecule has 3 heterocycles. The molecule has 2 saturated heterocycles. The quantitative estimate of drug-likeness (QED) is 0.738. The van der Waals surface area contributed by atoms with E-state index in [1.54, 1.807) is 6.20 Å². The van der Waals surface area contributed by atoms with Crippen LogP contribution in [0.15, 0.2) is 66.9 Å². The Morgan fingerprint density at radius 2 is 1.81 bits per heavy atom. The molecule has 3 atom stereocenters. The number of fused-ring (bicyclic) bond motifs is 2. The van der Waals surface area contributed by atoms with Gasteiger partial charge in [-0.2, -0.15) is 0 Å². The number of hydrogen-bond donors (Lipinski definition) is 1. The highest BCUT2D eigenvalue weighted by Gasteiger charge is 2.46. The summed E-state index contributed by atoms with van der Waals surface area (Å²) in [5.74, 6) is 1.10. The van der Waals surface area contributed by atoms with Crippen LogP contribution in [0.4, 0.5) is 0 Å². The first-order valence-electron chi connectivity index (χ1n) is 9.23. The van der Waals surface area contributed by atoms with E-state index >= 15 is 0 Å². The van der Waals surface area contributed by atoms with Crippen molar-refractivity contribution in [2.24, 2.45) is 11.8 Å². The molecule has 0 unspecified atom stereocenters. The predicted octanol–water partition coefficient (Wildman–Crippen LogP) is 3.69. The number of amides is 1. The minimum Gasteiger partial charge on any atom is -0.331 e. The molecule has 2 fully saturated rings. The molecule has 0 spiro atoms. The molecule has 2 aliphatic heterocycles. The molecule has 1 aromatic heterocycles. The lowest BCUT2D eigenvalue weighted by Crippen LogP contribution is -2.34. The lowest BCUT2D eigenvalue weighted by Gasteiger charge is -2.28. The van der Waals surface area contributed by atoms with Gasteiger partial charge in [0.2, 0.25) is 0 Å². The Kier molecular flexibility index (Phi) is 4.85. The number of benzene rings is 2. The van der Waals surface area contributed by atoms with Gasteiger partial charge in [0.05, 0.1) is 17.1 Å². The number of nitrogens with zero attached hydrogens (tertiary/aromatic N) is 2. The summed E-state index contributed by atoms with van der Waals surface area (Å²) in [7, 11) is 0. The summed E-state index contributed by atoms with van der Waals surface area (Å²) in [6, 6.07) is 20.5. The monoisotopic (exact) mass is 379 g/mol. The van der Waals surface area contributed by atoms with Gasteiger partial charge in [0.15, 0.2) is 0 Å². The molecule has 1 N–H and O–H groups in total. The zero-order chi connectivity index (χ0) is 17.5. The fraction of sp³-hybridized carbons (Fsp3) is 0.273. The highest BCUT2D eigenvalue weighted by Crippen LogP contribution is 2.43. The van der Waals surface area contributed by atoms with E-state index in [4.69, 9.17) is 0 Å². The number of halogens is 1. The van der Waals surface area contributed by atoms with Crippen LogP contribution < -0.4 is 5.32 Å². The molecule has 4 nitrogen and oxygen atoms in total. The highest BCUT2D eigenvalue weighted by atomic mass is 35.5. The summed E-state index contributed by atoms with van der Waals surface area (Å²) < 4.78 is 0. The summed E-state index contributed by atoms with van der Waals surface area (Å²) >= 11 is 0. The van der Waals surface area contributed by atoms with E-state index in [1.165, 1.54) is 5.56 Å². The first-order chi connectivity index (χ1) is 12.8. The first kappa shape index (κ1) is 18.0. The zero-order valence-electron chi connectivity index (χ0n) is 14.9. The molecule has 0 saturated carbocycles. The molecular weight excluding hydrogens is 358 g/mol. The third-order valence-electron chi connectivity index (χ3n) is 5.80. The van der Waals surface area contributed by atoms with E-state index in [-0.39, 0.29) is 24.4 Å². The average Bonchev–Trinajstić information content (AvgIpc) is 3.29. The Morgan fingerprint density at radius 1 is 1.04 bits per heavy atom. The first-order valence-corrected chi connectivity index (χ1v) is 9.23. The molecule has 2 aromatic carbocycles. The molecule has 5 rings (SSSR count). The molecular formula is C22H22ClN3O. The van der Waals surface area contributed by atoms with Crippen LogP contribution in [0.1, 0.15) is 22.0 Å². The number of hydrogen-bond acceptors (Lipinski definition) is 3. The lowest BCUT2D eigenvalue weighted by atomic mass is 9.89. The fourth-order valence-electron chi connectivity index (χ4n) is 4.56. The van der Waals surface area contributed by atoms with Crippen molar-refractivity contribution in [1.29, 1.82) is 0 Å². The molecule has 5 heteroatoms. The lowest BCUT2D eigenvalue weighted by molar-refractivity contribution is 0.0714. The molecule has 0 aliphatic carbocycles. The largest absolute Gasteiger partial charge is 0.331 e. The van der Waals surface area contributed by atoms with Crippen LogP contribution in [0, 0.1) is 11.8 Å². The zero-order valence-corrected chi connectivity index (χ0v) is 15.7. The average molecular weight is 380 g/mol. The fourth-order valence-corrected chi connectivity index (χ4v) is 4.56. The van der Waals surface area contributed by atoms with E-state index in [1.807, 2.05) is 36.4 Å². The van der Waals surface area contributed by atoms with Gasteiger partial charge in [-0.25, -0.2) is 0 Å². The van der Waals surface area contributed by atoms with Gasteiger partial charge in [0, 0.05) is 37.1 Å². The second-order valence-corrected chi connectivity index (χ2v) is 7.31. The van der Waals surface area contributed by atoms with E-state index < -0.39 is 0 Å². The van der Waals surface area contributed by atoms with Crippen molar-refractivity contribution in [2.45, 2.75) is 6.04 Å². The van der Waals surface area contributed by atoms with Crippen LogP contribution in [0.2, 0.25) is 0 Å². The van der Waals surface area contributed by atoms with Crippen molar-refractivity contribution in [3.05, 3.63) is 78.0 Å². The van der Waals surface area contributed by atoms with Crippen LogP contribution >= 0.6 is 12.4 Å². The maximum atomic E-state index is 13.4. The Hall–Kier alpha value is -2.43. The van der Waals surface area contributed by atoms with Crippen molar-refractivity contribution in [3.8, 4) is 0 Å². The second-order valence-electron chi connectivity index (χ2n) is 7.31. The van der Waals surface area contributed by atoms with E-state index in [2.05, 4.69) is 39.5 Å². The van der Waals surface area contributed by atoms with Crippen molar-refractivity contribution in [1.82, 2.24) is 15.2 Å². The van der Waals surface area contributed by atoms with Gasteiger partial charge in [0.1, 0.15) is 0 Å². The van der Waals surface area contributed by atoms with Crippen molar-refractivity contribution in [2.75, 3.05) is 19.6 Å². The summed E-state index contributed by atoms with van der Waals surface area (Å²) in [6.45, 7) is 2.78. The number of para-hydroxylation sites is 1. The maximum absolute atomic E-state index is 13.4. The number of carbonyl (C=O) groups is 1. The Labute approximate surface area is 165 Å². The van der Waals surface area contributed by atoms with Crippen LogP contribution in [0.25, 0.3) is 10.9 Å². The summed E-state index contributed by atoms with van der Waals surface area (Å²) in [5.41, 5.74) is 2.83. The van der Waals surface area contributed by atoms with Crippen LogP contribution in [0.3, 0.4) is 0 Å². The minimum absolute atomic E-state index is 0. The topological polar surface area (TPSA) is 45.2 Å². The highest BCUT2D eigenvalue weighted by molar-refractivity contribution is 5.97. The van der Waals surface area contributed by atoms with Crippen molar-refractivity contribution < 1.29 is 4.79 Å². The Bertz CT molecular complexity index is 962. The predicted molar refractivity (Wildman–Crippen MR) is 109 cm³/mol. The normalized spacial score (nSPS) is 23.9. The number of carbonyl (C=O) groups excluding carboxylic acids is 1. The molecule has 2 aliphatic rings. The van der Waals surface area contributed by atoms with E-state index in [0.29, 0.717) is 17.4 Å².